The third-order valence-electron chi connectivity index (χ3n) is 4.64. The monoisotopic (exact) mass is 385 g/mol. The van der Waals surface area contributed by atoms with Crippen LogP contribution in [0.2, 0.25) is 5.02 Å². The minimum absolute atomic E-state index is 0.000935. The number of halogens is 1. The number of carbonyl (C=O) groups is 3. The molecule has 0 unspecified atom stereocenters. The average molecular weight is 386 g/mol. The van der Waals surface area contributed by atoms with E-state index in [-0.39, 0.29) is 18.2 Å². The Morgan fingerprint density at radius 1 is 0.852 bits per heavy atom. The van der Waals surface area contributed by atoms with Crippen molar-refractivity contribution in [1.29, 1.82) is 0 Å². The largest absolute Gasteiger partial charge is 0.366 e. The third-order valence-corrected chi connectivity index (χ3v) is 5.00. The zero-order chi connectivity index (χ0) is 19.4. The molecule has 0 aromatic heterocycles. The first-order valence-electron chi connectivity index (χ1n) is 8.66. The van der Waals surface area contributed by atoms with Crippen LogP contribution in [-0.2, 0) is 11.2 Å². The molecule has 1 saturated heterocycles. The Bertz CT molecular complexity index is 859. The van der Waals surface area contributed by atoms with Gasteiger partial charge in [0.25, 0.3) is 5.91 Å². The van der Waals surface area contributed by atoms with Gasteiger partial charge in [0.1, 0.15) is 0 Å². The van der Waals surface area contributed by atoms with Crippen molar-refractivity contribution in [2.75, 3.05) is 26.2 Å². The zero-order valence-electron chi connectivity index (χ0n) is 14.7. The summed E-state index contributed by atoms with van der Waals surface area (Å²) >= 11 is 6.12. The van der Waals surface area contributed by atoms with E-state index in [1.54, 1.807) is 40.1 Å². The van der Waals surface area contributed by atoms with Crippen LogP contribution in [0.3, 0.4) is 0 Å². The van der Waals surface area contributed by atoms with Crippen molar-refractivity contribution in [2.45, 2.75) is 6.42 Å². The number of benzene rings is 2. The van der Waals surface area contributed by atoms with Crippen LogP contribution >= 0.6 is 11.6 Å². The fourth-order valence-electron chi connectivity index (χ4n) is 3.04. The molecule has 0 saturated carbocycles. The second-order valence-corrected chi connectivity index (χ2v) is 6.79. The van der Waals surface area contributed by atoms with E-state index < -0.39 is 5.91 Å². The molecule has 2 aromatic rings. The number of piperazine rings is 1. The van der Waals surface area contributed by atoms with Gasteiger partial charge in [0.15, 0.2) is 0 Å². The van der Waals surface area contributed by atoms with Gasteiger partial charge in [0.2, 0.25) is 11.8 Å². The van der Waals surface area contributed by atoms with Crippen LogP contribution in [0.4, 0.5) is 0 Å². The Hall–Kier alpha value is -2.86. The summed E-state index contributed by atoms with van der Waals surface area (Å²) in [5.74, 6) is -0.648. The van der Waals surface area contributed by atoms with Crippen LogP contribution in [0.25, 0.3) is 0 Å². The normalized spacial score (nSPS) is 14.1. The second kappa shape index (κ2) is 8.22. The molecular weight excluding hydrogens is 366 g/mol. The van der Waals surface area contributed by atoms with E-state index in [0.717, 1.165) is 5.56 Å². The molecule has 140 valence electrons. The Labute approximate surface area is 162 Å². The fraction of sp³-hybridized carbons (Fsp3) is 0.250. The lowest BCUT2D eigenvalue weighted by atomic mass is 10.1. The number of carbonyl (C=O) groups excluding carboxylic acids is 3. The van der Waals surface area contributed by atoms with Gasteiger partial charge < -0.3 is 15.5 Å². The van der Waals surface area contributed by atoms with Crippen LogP contribution < -0.4 is 5.73 Å². The van der Waals surface area contributed by atoms with Gasteiger partial charge in [-0.15, -0.1) is 0 Å². The molecule has 0 spiro atoms. The van der Waals surface area contributed by atoms with Crippen molar-refractivity contribution in [2.24, 2.45) is 5.73 Å². The summed E-state index contributed by atoms with van der Waals surface area (Å²) in [5, 5.41) is 0.582. The summed E-state index contributed by atoms with van der Waals surface area (Å²) in [6.07, 6.45) is 0.252. The van der Waals surface area contributed by atoms with E-state index in [0.29, 0.717) is 42.3 Å². The smallest absolute Gasteiger partial charge is 0.253 e. The Morgan fingerprint density at radius 2 is 1.41 bits per heavy atom. The predicted molar refractivity (Wildman–Crippen MR) is 103 cm³/mol. The molecule has 2 aromatic carbocycles. The van der Waals surface area contributed by atoms with Crippen LogP contribution in [0.1, 0.15) is 26.3 Å². The molecule has 2 N–H and O–H groups in total. The van der Waals surface area contributed by atoms with Crippen molar-refractivity contribution in [3.8, 4) is 0 Å². The predicted octanol–water partition coefficient (Wildman–Crippen LogP) is 1.97. The lowest BCUT2D eigenvalue weighted by Crippen LogP contribution is -2.51. The molecule has 3 rings (SSSR count). The quantitative estimate of drug-likeness (QED) is 0.873. The lowest BCUT2D eigenvalue weighted by Gasteiger charge is -2.35. The van der Waals surface area contributed by atoms with Crippen LogP contribution in [0, 0.1) is 0 Å². The Morgan fingerprint density at radius 3 is 2.00 bits per heavy atom. The Kier molecular flexibility index (Phi) is 5.76. The van der Waals surface area contributed by atoms with E-state index in [1.165, 1.54) is 0 Å². The third kappa shape index (κ3) is 4.46. The number of hydrogen-bond donors (Lipinski definition) is 1. The molecule has 0 radical (unpaired) electrons. The van der Waals surface area contributed by atoms with E-state index in [2.05, 4.69) is 0 Å². The van der Waals surface area contributed by atoms with E-state index >= 15 is 0 Å². The maximum absolute atomic E-state index is 12.6. The van der Waals surface area contributed by atoms with Gasteiger partial charge in [-0.05, 0) is 35.9 Å². The minimum Gasteiger partial charge on any atom is -0.366 e. The summed E-state index contributed by atoms with van der Waals surface area (Å²) in [5.41, 5.74) is 6.87. The number of nitrogens with zero attached hydrogens (tertiary/aromatic N) is 2. The van der Waals surface area contributed by atoms with Gasteiger partial charge in [-0.2, -0.15) is 0 Å². The highest BCUT2D eigenvalue weighted by atomic mass is 35.5. The second-order valence-electron chi connectivity index (χ2n) is 6.38. The maximum Gasteiger partial charge on any atom is 0.253 e. The molecule has 0 atom stereocenters. The number of primary amides is 1. The van der Waals surface area contributed by atoms with Crippen molar-refractivity contribution >= 4 is 29.3 Å². The number of hydrogen-bond acceptors (Lipinski definition) is 3. The van der Waals surface area contributed by atoms with Crippen LogP contribution in [0.15, 0.2) is 48.5 Å². The van der Waals surface area contributed by atoms with Crippen LogP contribution in [-0.4, -0.2) is 53.7 Å². The lowest BCUT2D eigenvalue weighted by molar-refractivity contribution is -0.131. The first-order valence-corrected chi connectivity index (χ1v) is 9.04. The van der Waals surface area contributed by atoms with Gasteiger partial charge in [-0.1, -0.05) is 29.8 Å². The van der Waals surface area contributed by atoms with Crippen molar-refractivity contribution in [1.82, 2.24) is 9.80 Å². The zero-order valence-corrected chi connectivity index (χ0v) is 15.5. The SMILES string of the molecule is NC(=O)c1ccc(C(=O)N2CCN(C(=O)Cc3ccccc3Cl)CC2)cc1. The number of nitrogens with two attached hydrogens (primary N) is 1. The topological polar surface area (TPSA) is 83.7 Å². The van der Waals surface area contributed by atoms with Gasteiger partial charge >= 0.3 is 0 Å². The molecular formula is C20H20ClN3O3. The van der Waals surface area contributed by atoms with Gasteiger partial charge in [0, 0.05) is 42.3 Å². The average Bonchev–Trinajstić information content (AvgIpc) is 2.69. The molecule has 1 aliphatic heterocycles. The maximum atomic E-state index is 12.6. The molecule has 6 nitrogen and oxygen atoms in total. The summed E-state index contributed by atoms with van der Waals surface area (Å²) in [6.45, 7) is 1.89. The first kappa shape index (κ1) is 18.9. The fourth-order valence-corrected chi connectivity index (χ4v) is 3.24. The van der Waals surface area contributed by atoms with Crippen LogP contribution in [0.5, 0.6) is 0 Å². The Balaban J connectivity index is 1.56. The summed E-state index contributed by atoms with van der Waals surface area (Å²) < 4.78 is 0. The summed E-state index contributed by atoms with van der Waals surface area (Å²) in [7, 11) is 0. The molecule has 1 fully saturated rings. The molecule has 0 aliphatic carbocycles. The van der Waals surface area contributed by atoms with Gasteiger partial charge in [-0.25, -0.2) is 0 Å². The van der Waals surface area contributed by atoms with Gasteiger partial charge in [0.05, 0.1) is 6.42 Å². The summed E-state index contributed by atoms with van der Waals surface area (Å²) in [4.78, 5) is 39.6. The molecule has 7 heteroatoms. The van der Waals surface area contributed by atoms with E-state index in [9.17, 15) is 14.4 Å². The van der Waals surface area contributed by atoms with Crippen molar-refractivity contribution in [3.05, 3.63) is 70.2 Å². The first-order chi connectivity index (χ1) is 13.0. The molecule has 1 aliphatic rings. The highest BCUT2D eigenvalue weighted by molar-refractivity contribution is 6.31. The number of rotatable bonds is 4. The highest BCUT2D eigenvalue weighted by Gasteiger charge is 2.25. The van der Waals surface area contributed by atoms with Gasteiger partial charge in [-0.3, -0.25) is 14.4 Å². The van der Waals surface area contributed by atoms with Crippen molar-refractivity contribution < 1.29 is 14.4 Å². The molecule has 3 amide bonds. The molecule has 0 bridgehead atoms. The molecule has 1 heterocycles. The van der Waals surface area contributed by atoms with E-state index in [1.807, 2.05) is 18.2 Å². The van der Waals surface area contributed by atoms with Crippen molar-refractivity contribution in [3.63, 3.8) is 0 Å². The summed E-state index contributed by atoms with van der Waals surface area (Å²) in [6, 6.07) is 13.6. The molecule has 27 heavy (non-hydrogen) atoms. The number of amides is 3. The minimum atomic E-state index is -0.528. The van der Waals surface area contributed by atoms with E-state index in [4.69, 9.17) is 17.3 Å². The highest BCUT2D eigenvalue weighted by Crippen LogP contribution is 2.17. The standard InChI is InChI=1S/C20H20ClN3O3/c21-17-4-2-1-3-16(17)13-18(25)23-9-11-24(12-10-23)20(27)15-7-5-14(6-8-15)19(22)26/h1-8H,9-13H2,(H2,22,26).